The van der Waals surface area contributed by atoms with Crippen LogP contribution in [0.1, 0.15) is 36.5 Å². The Morgan fingerprint density at radius 3 is 2.51 bits per heavy atom. The minimum absolute atomic E-state index is 0.0453. The highest BCUT2D eigenvalue weighted by atomic mass is 16.5. The molecular weight excluding hydrogens is 516 g/mol. The van der Waals surface area contributed by atoms with Gasteiger partial charge in [-0.1, -0.05) is 37.3 Å². The van der Waals surface area contributed by atoms with Crippen molar-refractivity contribution in [1.29, 1.82) is 5.41 Å². The topological polar surface area (TPSA) is 137 Å². The Labute approximate surface area is 239 Å². The van der Waals surface area contributed by atoms with Gasteiger partial charge in [-0.15, -0.1) is 0 Å². The predicted octanol–water partition coefficient (Wildman–Crippen LogP) is 5.25. The number of nitrogens with zero attached hydrogens (tertiary/aromatic N) is 3. The van der Waals surface area contributed by atoms with E-state index in [0.29, 0.717) is 42.2 Å². The molecule has 0 spiro atoms. The van der Waals surface area contributed by atoms with Gasteiger partial charge in [-0.2, -0.15) is 0 Å². The second kappa shape index (κ2) is 12.5. The number of nitrogens with two attached hydrogens (primary N) is 1. The minimum atomic E-state index is -0.189. The number of piperidine rings is 1. The molecule has 0 aliphatic carbocycles. The monoisotopic (exact) mass is 550 g/mol. The smallest absolute Gasteiger partial charge is 0.225 e. The number of rotatable bonds is 9. The molecule has 3 aromatic carbocycles. The molecule has 0 bridgehead atoms. The van der Waals surface area contributed by atoms with Gasteiger partial charge < -0.3 is 25.8 Å². The number of aromatic nitrogens is 2. The lowest BCUT2D eigenvalue weighted by atomic mass is 9.97. The molecule has 4 aromatic rings. The van der Waals surface area contributed by atoms with Gasteiger partial charge in [-0.05, 0) is 73.4 Å². The van der Waals surface area contributed by atoms with E-state index in [1.54, 1.807) is 12.1 Å². The summed E-state index contributed by atoms with van der Waals surface area (Å²) in [5, 5.41) is 21.9. The van der Waals surface area contributed by atoms with Crippen molar-refractivity contribution in [3.63, 3.8) is 0 Å². The highest BCUT2D eigenvalue weighted by Crippen LogP contribution is 2.27. The second-order valence-corrected chi connectivity index (χ2v) is 10.3. The summed E-state index contributed by atoms with van der Waals surface area (Å²) in [7, 11) is 0. The van der Waals surface area contributed by atoms with Crippen molar-refractivity contribution in [3.05, 3.63) is 102 Å². The molecule has 2 heterocycles. The highest BCUT2D eigenvalue weighted by Gasteiger charge is 2.28. The first-order valence-corrected chi connectivity index (χ1v) is 13.7. The minimum Gasteiger partial charge on any atom is -0.508 e. The van der Waals surface area contributed by atoms with E-state index in [4.69, 9.17) is 15.9 Å². The van der Waals surface area contributed by atoms with Crippen molar-refractivity contribution in [2.75, 3.05) is 24.1 Å². The maximum absolute atomic E-state index is 13.3. The van der Waals surface area contributed by atoms with Crippen molar-refractivity contribution in [1.82, 2.24) is 14.9 Å². The van der Waals surface area contributed by atoms with Crippen LogP contribution in [0.3, 0.4) is 0 Å². The Bertz CT molecular complexity index is 1490. The van der Waals surface area contributed by atoms with E-state index in [-0.39, 0.29) is 35.1 Å². The van der Waals surface area contributed by atoms with E-state index in [2.05, 4.69) is 15.3 Å². The summed E-state index contributed by atoms with van der Waals surface area (Å²) >= 11 is 0. The van der Waals surface area contributed by atoms with E-state index in [0.717, 1.165) is 24.2 Å². The number of phenols is 1. The number of carbonyl (C=O) groups is 1. The van der Waals surface area contributed by atoms with E-state index in [9.17, 15) is 9.90 Å². The fraction of sp³-hybridized carbons (Fsp3) is 0.250. The summed E-state index contributed by atoms with van der Waals surface area (Å²) in [6, 6.07) is 23.7. The van der Waals surface area contributed by atoms with Crippen molar-refractivity contribution in [3.8, 4) is 17.2 Å². The number of hydrogen-bond donors (Lipinski definition) is 4. The molecule has 1 amide bonds. The summed E-state index contributed by atoms with van der Waals surface area (Å²) in [4.78, 5) is 23.8. The zero-order valence-corrected chi connectivity index (χ0v) is 23.0. The molecule has 9 heteroatoms. The fourth-order valence-corrected chi connectivity index (χ4v) is 5.09. The maximum Gasteiger partial charge on any atom is 0.225 e. The molecule has 1 aromatic heterocycles. The van der Waals surface area contributed by atoms with Gasteiger partial charge in [-0.3, -0.25) is 10.2 Å². The SMILES string of the molecule is C[C@@H](Cc1ccc(O)cc1)C(=O)N1CCC[C@@H](Nc2ncnc(N)c2C(=N)c2ccc(Oc3ccccc3)cc2)C1. The number of para-hydroxylation sites is 1. The number of phenolic OH excluding ortho intramolecular Hbond substituents is 1. The lowest BCUT2D eigenvalue weighted by Crippen LogP contribution is -2.47. The number of amides is 1. The molecule has 210 valence electrons. The lowest BCUT2D eigenvalue weighted by molar-refractivity contribution is -0.136. The van der Waals surface area contributed by atoms with Crippen molar-refractivity contribution < 1.29 is 14.6 Å². The van der Waals surface area contributed by atoms with Crippen LogP contribution >= 0.6 is 0 Å². The van der Waals surface area contributed by atoms with Gasteiger partial charge in [0.15, 0.2) is 0 Å². The predicted molar refractivity (Wildman–Crippen MR) is 160 cm³/mol. The molecule has 2 atom stereocenters. The lowest BCUT2D eigenvalue weighted by Gasteiger charge is -2.35. The average Bonchev–Trinajstić information content (AvgIpc) is 2.99. The number of nitrogens with one attached hydrogen (secondary N) is 2. The second-order valence-electron chi connectivity index (χ2n) is 10.3. The number of hydrogen-bond acceptors (Lipinski definition) is 8. The van der Waals surface area contributed by atoms with Gasteiger partial charge in [0.25, 0.3) is 0 Å². The molecular formula is C32H34N6O3. The van der Waals surface area contributed by atoms with E-state index < -0.39 is 0 Å². The Morgan fingerprint density at radius 1 is 1.07 bits per heavy atom. The van der Waals surface area contributed by atoms with Crippen LogP contribution in [0.5, 0.6) is 17.2 Å². The van der Waals surface area contributed by atoms with Crippen LogP contribution < -0.4 is 15.8 Å². The Kier molecular flexibility index (Phi) is 8.43. The first-order valence-electron chi connectivity index (χ1n) is 13.7. The Morgan fingerprint density at radius 2 is 1.78 bits per heavy atom. The van der Waals surface area contributed by atoms with E-state index in [1.807, 2.05) is 78.6 Å². The molecule has 0 saturated carbocycles. The van der Waals surface area contributed by atoms with Gasteiger partial charge >= 0.3 is 0 Å². The normalized spacial score (nSPS) is 15.6. The summed E-state index contributed by atoms with van der Waals surface area (Å²) in [5.74, 6) is 2.20. The Balaban J connectivity index is 1.26. The van der Waals surface area contributed by atoms with Gasteiger partial charge in [0.2, 0.25) is 5.91 Å². The van der Waals surface area contributed by atoms with Gasteiger partial charge in [0.1, 0.15) is 35.2 Å². The molecule has 1 saturated heterocycles. The number of aromatic hydroxyl groups is 1. The fourth-order valence-electron chi connectivity index (χ4n) is 5.09. The van der Waals surface area contributed by atoms with E-state index >= 15 is 0 Å². The maximum atomic E-state index is 13.3. The summed E-state index contributed by atoms with van der Waals surface area (Å²) in [6.45, 7) is 3.16. The number of nitrogen functional groups attached to an aromatic ring is 1. The van der Waals surface area contributed by atoms with Crippen molar-refractivity contribution in [2.45, 2.75) is 32.2 Å². The first-order chi connectivity index (χ1) is 19.9. The summed E-state index contributed by atoms with van der Waals surface area (Å²) in [5.41, 5.74) is 8.54. The number of anilines is 2. The molecule has 9 nitrogen and oxygen atoms in total. The molecule has 0 radical (unpaired) electrons. The largest absolute Gasteiger partial charge is 0.508 e. The number of likely N-dealkylation sites (tertiary alicyclic amines) is 1. The number of benzene rings is 3. The van der Waals surface area contributed by atoms with Crippen molar-refractivity contribution in [2.24, 2.45) is 5.92 Å². The molecule has 1 aliphatic heterocycles. The average molecular weight is 551 g/mol. The number of ether oxygens (including phenoxy) is 1. The molecule has 0 unspecified atom stereocenters. The van der Waals surface area contributed by atoms with Crippen LogP contribution in [-0.4, -0.2) is 50.7 Å². The van der Waals surface area contributed by atoms with Crippen LogP contribution in [0, 0.1) is 11.3 Å². The molecule has 41 heavy (non-hydrogen) atoms. The van der Waals surface area contributed by atoms with Gasteiger partial charge in [-0.25, -0.2) is 9.97 Å². The molecule has 1 aliphatic rings. The third-order valence-electron chi connectivity index (χ3n) is 7.22. The van der Waals surface area contributed by atoms with Crippen molar-refractivity contribution >= 4 is 23.3 Å². The summed E-state index contributed by atoms with van der Waals surface area (Å²) < 4.78 is 5.88. The zero-order valence-electron chi connectivity index (χ0n) is 23.0. The van der Waals surface area contributed by atoms with E-state index in [1.165, 1.54) is 6.33 Å². The van der Waals surface area contributed by atoms with Crippen LogP contribution in [-0.2, 0) is 11.2 Å². The highest BCUT2D eigenvalue weighted by molar-refractivity contribution is 6.16. The van der Waals surface area contributed by atoms with Gasteiger partial charge in [0, 0.05) is 30.6 Å². The third kappa shape index (κ3) is 6.81. The van der Waals surface area contributed by atoms with Crippen LogP contribution in [0.25, 0.3) is 0 Å². The molecule has 5 rings (SSSR count). The van der Waals surface area contributed by atoms with Gasteiger partial charge in [0.05, 0.1) is 11.3 Å². The standard InChI is InChI=1S/C32H34N6O3/c1-21(18-22-9-13-25(39)14-10-22)32(40)38-17-5-6-24(19-38)37-31-28(30(34)35-20-36-31)29(33)23-11-15-27(16-12-23)41-26-7-3-2-4-8-26/h2-4,7-16,20-21,24,33,39H,5-6,17-19H2,1H3,(H3,34,35,36,37)/t21-,24+/m0/s1. The number of carbonyl (C=O) groups excluding carboxylic acids is 1. The Hall–Kier alpha value is -4.92. The summed E-state index contributed by atoms with van der Waals surface area (Å²) in [6.07, 6.45) is 3.70. The quantitative estimate of drug-likeness (QED) is 0.209. The molecule has 1 fully saturated rings. The third-order valence-corrected chi connectivity index (χ3v) is 7.22. The van der Waals surface area contributed by atoms with Crippen LogP contribution in [0.2, 0.25) is 0 Å². The zero-order chi connectivity index (χ0) is 28.8. The first kappa shape index (κ1) is 27.6. The van der Waals surface area contributed by atoms with Crippen LogP contribution in [0.15, 0.2) is 85.2 Å². The molecule has 5 N–H and O–H groups in total. The van der Waals surface area contributed by atoms with Crippen LogP contribution in [0.4, 0.5) is 11.6 Å².